The minimum Gasteiger partial charge on any atom is -0.497 e. The molecule has 1 saturated heterocycles. The van der Waals surface area contributed by atoms with E-state index in [2.05, 4.69) is 31.8 Å². The van der Waals surface area contributed by atoms with Gasteiger partial charge in [-0.15, -0.1) is 0 Å². The summed E-state index contributed by atoms with van der Waals surface area (Å²) in [4.78, 5) is 21.2. The number of pyridine rings is 1. The van der Waals surface area contributed by atoms with Crippen molar-refractivity contribution < 1.29 is 9.47 Å². The van der Waals surface area contributed by atoms with Gasteiger partial charge in [0.2, 0.25) is 5.95 Å². The van der Waals surface area contributed by atoms with Gasteiger partial charge in [-0.3, -0.25) is 4.90 Å². The number of ether oxygens (including phenoxy) is 2. The van der Waals surface area contributed by atoms with Crippen LogP contribution in [0.2, 0.25) is 0 Å². The Labute approximate surface area is 194 Å². The molecule has 33 heavy (non-hydrogen) atoms. The van der Waals surface area contributed by atoms with E-state index in [0.717, 1.165) is 81.1 Å². The summed E-state index contributed by atoms with van der Waals surface area (Å²) < 4.78 is 11.0. The maximum absolute atomic E-state index is 5.55. The molecule has 0 atom stereocenters. The van der Waals surface area contributed by atoms with Crippen LogP contribution in [0.15, 0.2) is 48.8 Å². The summed E-state index contributed by atoms with van der Waals surface area (Å²) in [7, 11) is 3.40. The number of piperazine rings is 1. The van der Waals surface area contributed by atoms with Gasteiger partial charge in [-0.2, -0.15) is 0 Å². The van der Waals surface area contributed by atoms with Gasteiger partial charge in [0.1, 0.15) is 17.3 Å². The topological polar surface area (TPSA) is 66.9 Å². The van der Waals surface area contributed by atoms with Gasteiger partial charge in [0.15, 0.2) is 0 Å². The van der Waals surface area contributed by atoms with Gasteiger partial charge >= 0.3 is 0 Å². The van der Waals surface area contributed by atoms with E-state index in [0.29, 0.717) is 0 Å². The van der Waals surface area contributed by atoms with Crippen molar-refractivity contribution in [1.82, 2.24) is 19.9 Å². The second kappa shape index (κ2) is 9.62. The quantitative estimate of drug-likeness (QED) is 0.573. The highest BCUT2D eigenvalue weighted by molar-refractivity contribution is 5.43. The van der Waals surface area contributed by atoms with Crippen LogP contribution in [-0.2, 0) is 19.5 Å². The zero-order chi connectivity index (χ0) is 22.6. The standard InChI is InChI=1S/C25H30N6O2/c1-32-21-6-7-23(33-2)19(15-21)17-29-10-8-22-20(18-29)16-27-25(28-22)31-13-11-30(12-14-31)24-5-3-4-9-26-24/h3-7,9,15-16H,8,10-14,17-18H2,1-2H3. The number of aromatic nitrogens is 3. The molecule has 4 heterocycles. The van der Waals surface area contributed by atoms with Crippen molar-refractivity contribution in [2.24, 2.45) is 0 Å². The van der Waals surface area contributed by atoms with E-state index >= 15 is 0 Å². The fraction of sp³-hybridized carbons (Fsp3) is 0.400. The molecule has 172 valence electrons. The first-order valence-corrected chi connectivity index (χ1v) is 11.4. The van der Waals surface area contributed by atoms with Gasteiger partial charge in [0, 0.05) is 75.8 Å². The molecule has 2 aliphatic heterocycles. The Balaban J connectivity index is 1.23. The summed E-state index contributed by atoms with van der Waals surface area (Å²) in [6, 6.07) is 12.0. The number of rotatable bonds is 6. The Bertz CT molecular complexity index is 1090. The molecular formula is C25H30N6O2. The lowest BCUT2D eigenvalue weighted by atomic mass is 10.1. The van der Waals surface area contributed by atoms with Gasteiger partial charge < -0.3 is 19.3 Å². The first-order valence-electron chi connectivity index (χ1n) is 11.4. The number of fused-ring (bicyclic) bond motifs is 1. The Morgan fingerprint density at radius 2 is 1.76 bits per heavy atom. The van der Waals surface area contributed by atoms with Gasteiger partial charge in [-0.1, -0.05) is 6.07 Å². The number of benzene rings is 1. The molecule has 2 aromatic heterocycles. The van der Waals surface area contributed by atoms with Gasteiger partial charge in [0.05, 0.1) is 19.9 Å². The summed E-state index contributed by atoms with van der Waals surface area (Å²) in [5, 5.41) is 0. The summed E-state index contributed by atoms with van der Waals surface area (Å²) in [5.41, 5.74) is 3.50. The monoisotopic (exact) mass is 446 g/mol. The third kappa shape index (κ3) is 4.71. The number of nitrogens with zero attached hydrogens (tertiary/aromatic N) is 6. The van der Waals surface area contributed by atoms with Crippen molar-refractivity contribution in [2.75, 3.05) is 56.7 Å². The highest BCUT2D eigenvalue weighted by Crippen LogP contribution is 2.28. The van der Waals surface area contributed by atoms with Crippen molar-refractivity contribution in [2.45, 2.75) is 19.5 Å². The van der Waals surface area contributed by atoms with E-state index in [1.165, 1.54) is 11.3 Å². The van der Waals surface area contributed by atoms with Gasteiger partial charge in [-0.25, -0.2) is 15.0 Å². The average molecular weight is 447 g/mol. The van der Waals surface area contributed by atoms with Crippen LogP contribution in [0.3, 0.4) is 0 Å². The third-order valence-corrected chi connectivity index (χ3v) is 6.42. The molecule has 1 aromatic carbocycles. The first kappa shape index (κ1) is 21.5. The maximum atomic E-state index is 5.55. The highest BCUT2D eigenvalue weighted by Gasteiger charge is 2.23. The van der Waals surface area contributed by atoms with E-state index in [1.807, 2.05) is 36.7 Å². The molecular weight excluding hydrogens is 416 g/mol. The molecule has 5 rings (SSSR count). The van der Waals surface area contributed by atoms with Crippen LogP contribution in [-0.4, -0.2) is 66.8 Å². The Hall–Kier alpha value is -3.39. The Kier molecular flexibility index (Phi) is 6.26. The number of anilines is 2. The SMILES string of the molecule is COc1ccc(OC)c(CN2CCc3nc(N4CCN(c5ccccn5)CC4)ncc3C2)c1. The number of hydrogen-bond donors (Lipinski definition) is 0. The summed E-state index contributed by atoms with van der Waals surface area (Å²) in [5.74, 6) is 3.62. The fourth-order valence-corrected chi connectivity index (χ4v) is 4.57. The van der Waals surface area contributed by atoms with Crippen molar-refractivity contribution in [3.63, 3.8) is 0 Å². The lowest BCUT2D eigenvalue weighted by molar-refractivity contribution is 0.238. The predicted molar refractivity (Wildman–Crippen MR) is 128 cm³/mol. The molecule has 1 fully saturated rings. The summed E-state index contributed by atoms with van der Waals surface area (Å²) in [6.07, 6.45) is 4.78. The van der Waals surface area contributed by atoms with Gasteiger partial charge in [0.25, 0.3) is 0 Å². The minimum atomic E-state index is 0.803. The van der Waals surface area contributed by atoms with Crippen molar-refractivity contribution in [1.29, 1.82) is 0 Å². The van der Waals surface area contributed by atoms with Crippen molar-refractivity contribution in [3.8, 4) is 11.5 Å². The van der Waals surface area contributed by atoms with Crippen LogP contribution in [0.1, 0.15) is 16.8 Å². The molecule has 3 aromatic rings. The molecule has 2 aliphatic rings. The van der Waals surface area contributed by atoms with Crippen LogP contribution in [0.25, 0.3) is 0 Å². The molecule has 8 nitrogen and oxygen atoms in total. The molecule has 0 spiro atoms. The van der Waals surface area contributed by atoms with Crippen molar-refractivity contribution in [3.05, 3.63) is 65.6 Å². The molecule has 0 bridgehead atoms. The van der Waals surface area contributed by atoms with E-state index < -0.39 is 0 Å². The van der Waals surface area contributed by atoms with Crippen LogP contribution < -0.4 is 19.3 Å². The number of hydrogen-bond acceptors (Lipinski definition) is 8. The van der Waals surface area contributed by atoms with E-state index in [9.17, 15) is 0 Å². The van der Waals surface area contributed by atoms with E-state index in [-0.39, 0.29) is 0 Å². The minimum absolute atomic E-state index is 0.803. The smallest absolute Gasteiger partial charge is 0.225 e. The molecule has 8 heteroatoms. The van der Waals surface area contributed by atoms with E-state index in [4.69, 9.17) is 19.4 Å². The zero-order valence-corrected chi connectivity index (χ0v) is 19.3. The lowest BCUT2D eigenvalue weighted by Crippen LogP contribution is -2.47. The largest absolute Gasteiger partial charge is 0.497 e. The van der Waals surface area contributed by atoms with E-state index in [1.54, 1.807) is 14.2 Å². The maximum Gasteiger partial charge on any atom is 0.225 e. The third-order valence-electron chi connectivity index (χ3n) is 6.42. The second-order valence-electron chi connectivity index (χ2n) is 8.44. The fourth-order valence-electron chi connectivity index (χ4n) is 4.57. The van der Waals surface area contributed by atoms with Crippen LogP contribution in [0.4, 0.5) is 11.8 Å². The summed E-state index contributed by atoms with van der Waals surface area (Å²) in [6.45, 7) is 6.24. The average Bonchev–Trinajstić information content (AvgIpc) is 2.89. The Morgan fingerprint density at radius 1 is 0.909 bits per heavy atom. The van der Waals surface area contributed by atoms with Gasteiger partial charge in [-0.05, 0) is 30.3 Å². The number of methoxy groups -OCH3 is 2. The molecule has 0 unspecified atom stereocenters. The van der Waals surface area contributed by atoms with Crippen LogP contribution in [0, 0.1) is 0 Å². The molecule has 0 aliphatic carbocycles. The lowest BCUT2D eigenvalue weighted by Gasteiger charge is -2.36. The predicted octanol–water partition coefficient (Wildman–Crippen LogP) is 2.77. The molecule has 0 radical (unpaired) electrons. The normalized spacial score (nSPS) is 16.4. The zero-order valence-electron chi connectivity index (χ0n) is 19.3. The first-order chi connectivity index (χ1) is 16.2. The van der Waals surface area contributed by atoms with Crippen molar-refractivity contribution >= 4 is 11.8 Å². The molecule has 0 saturated carbocycles. The molecule has 0 amide bonds. The summed E-state index contributed by atoms with van der Waals surface area (Å²) >= 11 is 0. The van der Waals surface area contributed by atoms with Crippen LogP contribution in [0.5, 0.6) is 11.5 Å². The Morgan fingerprint density at radius 3 is 2.52 bits per heavy atom. The molecule has 0 N–H and O–H groups in total. The van der Waals surface area contributed by atoms with Crippen LogP contribution >= 0.6 is 0 Å². The second-order valence-corrected chi connectivity index (χ2v) is 8.44. The highest BCUT2D eigenvalue weighted by atomic mass is 16.5.